The topological polar surface area (TPSA) is 475 Å². The monoisotopic (exact) mass is 1200 g/mol. The SMILES string of the molecule is CC([NH3+])C(=O)N1CCC(c2ccn(S(N)(=O)=O)c2C(=O)O)CC1.NC(C(=O)N1CCC(c2ccn(S(N)(=O)=O)c2C(=O)O)CC1)C(F)(F)F.NS(=O)(=O)n1ccc(-c2ccc(NS(=O)(=O)CC[NH3+])cc2)c1C(=O)O.[Cl-].[Cl-]. The minimum atomic E-state index is -4.85. The number of carboxylic acid groups (broad SMARTS) is 3. The average Bonchev–Trinajstić information content (AvgIpc) is 4.07. The smallest absolute Gasteiger partial charge is 0.412 e. The third kappa shape index (κ3) is 16.6. The molecule has 426 valence electrons. The molecule has 0 bridgehead atoms. The summed E-state index contributed by atoms with van der Waals surface area (Å²) in [7, 11) is -16.3. The Hall–Kier alpha value is -5.86. The molecule has 2 saturated heterocycles. The standard InChI is InChI=1S/C13H17F3N4O5S.C13H16N4O6S2.C13H20N4O5S.2ClH/c14-13(15,16)10(17)11(21)19-4-1-7(2-5-19)8-3-6-20(26(18,24)25)9(8)12(22)23;14-6-8-24(20,21)16-10-3-1-9(2-4-10)11-5-7-17(25(15,22)23)12(11)13(18)19;1-8(14)12(18)16-5-2-9(3-6-16)10-4-7-17(23(15,21)22)11(10)13(19)20;;/h3,6-7,10H,1-2,4-5,17H2,(H,22,23)(H2,18,24,25);1-5,7,16H,6,8,14H2,(H,18,19)(H2,15,22,23);4,7-9H,2-3,5-6,14H2,1H3,(H,19,20)(H2,15,21,22);2*1H. The maximum atomic E-state index is 12.5. The molecule has 0 spiro atoms. The Bertz CT molecular complexity index is 3210. The molecule has 2 aliphatic rings. The molecule has 0 radical (unpaired) electrons. The van der Waals surface area contributed by atoms with Gasteiger partial charge in [0.1, 0.15) is 17.1 Å². The Kier molecular flexibility index (Phi) is 22.7. The molecule has 76 heavy (non-hydrogen) atoms. The van der Waals surface area contributed by atoms with Crippen molar-refractivity contribution >= 4 is 76.1 Å². The van der Waals surface area contributed by atoms with Crippen LogP contribution in [-0.2, 0) is 50.2 Å². The van der Waals surface area contributed by atoms with Crippen LogP contribution in [0.5, 0.6) is 0 Å². The number of anilines is 1. The second-order valence-corrected chi connectivity index (χ2v) is 22.8. The fourth-order valence-corrected chi connectivity index (χ4v) is 11.0. The molecule has 0 saturated carbocycles. The fourth-order valence-electron chi connectivity index (χ4n) is 8.05. The van der Waals surface area contributed by atoms with Gasteiger partial charge < -0.3 is 67.1 Å². The van der Waals surface area contributed by atoms with Gasteiger partial charge in [-0.2, -0.15) is 38.4 Å². The van der Waals surface area contributed by atoms with Gasteiger partial charge >= 0.3 is 54.7 Å². The van der Waals surface area contributed by atoms with Crippen LogP contribution < -0.4 is 62.2 Å². The van der Waals surface area contributed by atoms with Gasteiger partial charge in [-0.1, -0.05) is 12.1 Å². The normalized spacial score (nSPS) is 15.6. The molecule has 4 aromatic rings. The number of aromatic carboxylic acids is 3. The second-order valence-electron chi connectivity index (χ2n) is 16.7. The van der Waals surface area contributed by atoms with Crippen LogP contribution in [0, 0.1) is 0 Å². The lowest BCUT2D eigenvalue weighted by Crippen LogP contribution is -3.00. The van der Waals surface area contributed by atoms with Crippen LogP contribution in [0.2, 0.25) is 0 Å². The third-order valence-electron chi connectivity index (χ3n) is 11.5. The zero-order valence-electron chi connectivity index (χ0n) is 39.8. The first-order valence-electron chi connectivity index (χ1n) is 21.6. The van der Waals surface area contributed by atoms with Crippen molar-refractivity contribution in [3.05, 3.63) is 89.3 Å². The van der Waals surface area contributed by atoms with Crippen molar-refractivity contribution in [2.75, 3.05) is 43.2 Å². The molecule has 18 N–H and O–H groups in total. The van der Waals surface area contributed by atoms with Gasteiger partial charge in [0.2, 0.25) is 15.9 Å². The zero-order chi connectivity index (χ0) is 56.1. The number of halogens is 5. The highest BCUT2D eigenvalue weighted by Gasteiger charge is 2.45. The molecule has 28 nitrogen and oxygen atoms in total. The molecule has 3 aromatic heterocycles. The summed E-state index contributed by atoms with van der Waals surface area (Å²) in [5, 5.41) is 42.9. The summed E-state index contributed by atoms with van der Waals surface area (Å²) in [6.45, 7) is 2.80. The first-order valence-corrected chi connectivity index (χ1v) is 27.7. The van der Waals surface area contributed by atoms with E-state index in [1.165, 1.54) is 42.5 Å². The quantitative estimate of drug-likeness (QED) is 0.0528. The fraction of sp³-hybridized carbons (Fsp3) is 0.410. The van der Waals surface area contributed by atoms with E-state index in [4.69, 9.17) is 21.2 Å². The number of nitrogens with zero attached hydrogens (tertiary/aromatic N) is 5. The summed E-state index contributed by atoms with van der Waals surface area (Å²) in [4.78, 5) is 60.6. The van der Waals surface area contributed by atoms with Crippen molar-refractivity contribution < 1.29 is 122 Å². The number of carbonyl (C=O) groups excluding carboxylic acids is 2. The van der Waals surface area contributed by atoms with Gasteiger partial charge in [-0.25, -0.2) is 50.1 Å². The van der Waals surface area contributed by atoms with Crippen molar-refractivity contribution in [2.45, 2.75) is 62.7 Å². The third-order valence-corrected chi connectivity index (χ3v) is 15.4. The average molecular weight is 1200 g/mol. The Morgan fingerprint density at radius 3 is 1.33 bits per heavy atom. The summed E-state index contributed by atoms with van der Waals surface area (Å²) in [5.74, 6) is -6.31. The van der Waals surface area contributed by atoms with E-state index in [9.17, 15) is 86.1 Å². The highest BCUT2D eigenvalue weighted by atomic mass is 35.5. The molecule has 1 aromatic carbocycles. The zero-order valence-corrected chi connectivity index (χ0v) is 44.6. The highest BCUT2D eigenvalue weighted by molar-refractivity contribution is 7.92. The number of carboxylic acids is 3. The number of carbonyl (C=O) groups is 5. The Labute approximate surface area is 445 Å². The maximum absolute atomic E-state index is 12.5. The summed E-state index contributed by atoms with van der Waals surface area (Å²) in [5.41, 5.74) is 12.2. The number of hydrogen-bond donors (Lipinski definition) is 10. The van der Waals surface area contributed by atoms with E-state index in [1.807, 2.05) is 0 Å². The second kappa shape index (κ2) is 26.0. The van der Waals surface area contributed by atoms with E-state index in [-0.39, 0.29) is 97.7 Å². The summed E-state index contributed by atoms with van der Waals surface area (Å²) < 4.78 is 134. The number of sulfonamides is 1. The number of nitrogens with one attached hydrogen (secondary N) is 1. The lowest BCUT2D eigenvalue weighted by atomic mass is 9.89. The van der Waals surface area contributed by atoms with E-state index in [2.05, 4.69) is 16.2 Å². The van der Waals surface area contributed by atoms with Crippen molar-refractivity contribution in [2.24, 2.45) is 21.2 Å². The van der Waals surface area contributed by atoms with E-state index in [1.54, 1.807) is 11.8 Å². The van der Waals surface area contributed by atoms with Crippen LogP contribution in [-0.4, -0.2) is 157 Å². The molecule has 2 atom stereocenters. The Morgan fingerprint density at radius 1 is 0.645 bits per heavy atom. The first kappa shape index (κ1) is 66.3. The summed E-state index contributed by atoms with van der Waals surface area (Å²) in [6.07, 6.45) is -0.206. The minimum Gasteiger partial charge on any atom is -1.00 e. The molecular weight excluding hydrogens is 1150 g/mol. The van der Waals surface area contributed by atoms with Gasteiger partial charge in [-0.05, 0) is 91.5 Å². The van der Waals surface area contributed by atoms with Crippen LogP contribution in [0.4, 0.5) is 18.9 Å². The number of alkyl halides is 3. The highest BCUT2D eigenvalue weighted by Crippen LogP contribution is 2.34. The van der Waals surface area contributed by atoms with Crippen LogP contribution in [0.25, 0.3) is 11.1 Å². The number of nitrogens with two attached hydrogens (primary N) is 4. The van der Waals surface area contributed by atoms with Crippen molar-refractivity contribution in [1.29, 1.82) is 0 Å². The van der Waals surface area contributed by atoms with Gasteiger partial charge in [0.25, 0.3) is 5.91 Å². The molecular formula is C39H55Cl2F3N12O16S4. The first-order chi connectivity index (χ1) is 34.0. The predicted octanol–water partition coefficient (Wildman–Crippen LogP) is -8.70. The molecule has 6 rings (SSSR count). The molecule has 5 heterocycles. The Balaban J connectivity index is 0.000000386. The van der Waals surface area contributed by atoms with Gasteiger partial charge in [-0.15, -0.1) is 0 Å². The maximum Gasteiger partial charge on any atom is 0.412 e. The van der Waals surface area contributed by atoms with E-state index >= 15 is 0 Å². The van der Waals surface area contributed by atoms with Crippen molar-refractivity contribution in [3.8, 4) is 11.1 Å². The summed E-state index contributed by atoms with van der Waals surface area (Å²) >= 11 is 0. The van der Waals surface area contributed by atoms with Crippen LogP contribution in [0.1, 0.15) is 87.0 Å². The van der Waals surface area contributed by atoms with Crippen LogP contribution >= 0.6 is 0 Å². The Morgan fingerprint density at radius 2 is 1.00 bits per heavy atom. The van der Waals surface area contributed by atoms with Gasteiger partial charge in [0, 0.05) is 56.0 Å². The number of quaternary nitrogens is 2. The van der Waals surface area contributed by atoms with E-state index in [0.29, 0.717) is 54.7 Å². The molecule has 2 fully saturated rings. The van der Waals surface area contributed by atoms with Gasteiger partial charge in [0.05, 0.1) is 6.54 Å². The molecule has 2 unspecified atom stereocenters. The van der Waals surface area contributed by atoms with Crippen LogP contribution in [0.15, 0.2) is 61.1 Å². The van der Waals surface area contributed by atoms with Crippen molar-refractivity contribution in [3.63, 3.8) is 0 Å². The lowest BCUT2D eigenvalue weighted by Gasteiger charge is -2.34. The number of likely N-dealkylation sites (tertiary alicyclic amines) is 2. The molecule has 2 amide bonds. The number of benzene rings is 1. The number of aromatic nitrogens is 3. The molecule has 0 aliphatic carbocycles. The largest absolute Gasteiger partial charge is 1.00 e. The van der Waals surface area contributed by atoms with Crippen LogP contribution in [0.3, 0.4) is 0 Å². The van der Waals surface area contributed by atoms with Gasteiger partial charge in [-0.3, -0.25) is 14.3 Å². The van der Waals surface area contributed by atoms with E-state index < -0.39 is 94.0 Å². The van der Waals surface area contributed by atoms with Crippen molar-refractivity contribution in [1.82, 2.24) is 21.7 Å². The van der Waals surface area contributed by atoms with E-state index in [0.717, 1.165) is 23.5 Å². The lowest BCUT2D eigenvalue weighted by molar-refractivity contribution is -0.400. The minimum absolute atomic E-state index is 0. The predicted molar refractivity (Wildman–Crippen MR) is 254 cm³/mol. The molecule has 37 heteroatoms. The number of hydrogen-bond acceptors (Lipinski definition) is 14. The number of amides is 2. The number of piperidine rings is 2. The van der Waals surface area contributed by atoms with Gasteiger partial charge in [0.15, 0.2) is 17.8 Å². The molecule has 2 aliphatic heterocycles. The summed E-state index contributed by atoms with van der Waals surface area (Å²) in [6, 6.07) is 6.94. The number of rotatable bonds is 15.